The van der Waals surface area contributed by atoms with E-state index in [2.05, 4.69) is 45.9 Å². The summed E-state index contributed by atoms with van der Waals surface area (Å²) in [7, 11) is 0. The van der Waals surface area contributed by atoms with E-state index in [-0.39, 0.29) is 23.7 Å². The molecule has 1 atom stereocenters. The Balaban J connectivity index is 1.39. The molecule has 4 rings (SSSR count). The van der Waals surface area contributed by atoms with Gasteiger partial charge in [-0.15, -0.1) is 11.3 Å². The third kappa shape index (κ3) is 4.70. The Bertz CT molecular complexity index is 816. The van der Waals surface area contributed by atoms with Crippen LogP contribution in [-0.2, 0) is 21.5 Å². The van der Waals surface area contributed by atoms with Crippen LogP contribution in [-0.4, -0.2) is 42.4 Å². The van der Waals surface area contributed by atoms with Crippen molar-refractivity contribution in [2.75, 3.05) is 19.6 Å². The Kier molecular flexibility index (Phi) is 6.31. The molecule has 0 radical (unpaired) electrons. The second kappa shape index (κ2) is 9.09. The van der Waals surface area contributed by atoms with Gasteiger partial charge < -0.3 is 10.6 Å². The lowest BCUT2D eigenvalue weighted by Gasteiger charge is -2.35. The highest BCUT2D eigenvalue weighted by Gasteiger charge is 2.37. The lowest BCUT2D eigenvalue weighted by molar-refractivity contribution is -0.134. The molecule has 0 bridgehead atoms. The zero-order valence-corrected chi connectivity index (χ0v) is 17.5. The third-order valence-electron chi connectivity index (χ3n) is 6.33. The number of hydrogen-bond donors (Lipinski definition) is 2. The van der Waals surface area contributed by atoms with Gasteiger partial charge in [0.05, 0.1) is 12.5 Å². The summed E-state index contributed by atoms with van der Waals surface area (Å²) in [5, 5.41) is 8.14. The maximum atomic E-state index is 12.8. The minimum Gasteiger partial charge on any atom is -0.355 e. The maximum absolute atomic E-state index is 12.8. The quantitative estimate of drug-likeness (QED) is 0.736. The van der Waals surface area contributed by atoms with Gasteiger partial charge in [-0.3, -0.25) is 14.5 Å². The Labute approximate surface area is 176 Å². The fourth-order valence-electron chi connectivity index (χ4n) is 4.70. The van der Waals surface area contributed by atoms with Gasteiger partial charge in [0.1, 0.15) is 0 Å². The molecule has 1 saturated heterocycles. The van der Waals surface area contributed by atoms with Crippen LogP contribution >= 0.6 is 11.3 Å². The lowest BCUT2D eigenvalue weighted by Crippen LogP contribution is -2.56. The van der Waals surface area contributed by atoms with Gasteiger partial charge in [0.15, 0.2) is 0 Å². The van der Waals surface area contributed by atoms with Gasteiger partial charge in [0.2, 0.25) is 11.8 Å². The third-order valence-corrected chi connectivity index (χ3v) is 7.19. The van der Waals surface area contributed by atoms with Crippen molar-refractivity contribution in [2.24, 2.45) is 0 Å². The number of rotatable bonds is 7. The van der Waals surface area contributed by atoms with Crippen LogP contribution in [0.25, 0.3) is 0 Å². The first-order valence-corrected chi connectivity index (χ1v) is 11.4. The fourth-order valence-corrected chi connectivity index (χ4v) is 5.43. The first-order valence-electron chi connectivity index (χ1n) is 10.5. The van der Waals surface area contributed by atoms with Gasteiger partial charge in [0, 0.05) is 36.5 Å². The topological polar surface area (TPSA) is 61.4 Å². The maximum Gasteiger partial charge on any atom is 0.237 e. The largest absolute Gasteiger partial charge is 0.355 e. The SMILES string of the molecule is O=C(CC1C(=O)NCCN1Cc1cccs1)NCC1(c2ccccc2)CCCC1. The van der Waals surface area contributed by atoms with Crippen LogP contribution in [0.5, 0.6) is 0 Å². The normalized spacial score (nSPS) is 21.7. The average Bonchev–Trinajstić information content (AvgIpc) is 3.43. The van der Waals surface area contributed by atoms with E-state index in [4.69, 9.17) is 0 Å². The standard InChI is InChI=1S/C23H29N3O2S/c27-21(25-17-23(10-4-5-11-23)18-7-2-1-3-8-18)15-20-22(28)24-12-13-26(20)16-19-9-6-14-29-19/h1-3,6-9,14,20H,4-5,10-13,15-17H2,(H,24,28)(H,25,27). The van der Waals surface area contributed by atoms with Crippen molar-refractivity contribution in [3.8, 4) is 0 Å². The number of piperazine rings is 1. The van der Waals surface area contributed by atoms with Crippen LogP contribution in [0, 0.1) is 0 Å². The zero-order valence-electron chi connectivity index (χ0n) is 16.7. The summed E-state index contributed by atoms with van der Waals surface area (Å²) in [5.74, 6) is -0.0768. The molecule has 0 spiro atoms. The monoisotopic (exact) mass is 411 g/mol. The molecule has 2 fully saturated rings. The van der Waals surface area contributed by atoms with Gasteiger partial charge in [-0.05, 0) is 29.9 Å². The van der Waals surface area contributed by atoms with Crippen molar-refractivity contribution in [3.05, 3.63) is 58.3 Å². The minimum atomic E-state index is -0.401. The second-order valence-corrected chi connectivity index (χ2v) is 9.22. The minimum absolute atomic E-state index is 0.0302. The second-order valence-electron chi connectivity index (χ2n) is 8.19. The molecular weight excluding hydrogens is 382 g/mol. The Morgan fingerprint density at radius 3 is 2.69 bits per heavy atom. The average molecular weight is 412 g/mol. The van der Waals surface area contributed by atoms with Gasteiger partial charge in [-0.2, -0.15) is 0 Å². The summed E-state index contributed by atoms with van der Waals surface area (Å²) >= 11 is 1.69. The fraction of sp³-hybridized carbons (Fsp3) is 0.478. The van der Waals surface area contributed by atoms with Gasteiger partial charge in [-0.1, -0.05) is 49.2 Å². The number of benzene rings is 1. The number of thiophene rings is 1. The first kappa shape index (κ1) is 20.1. The molecule has 2 heterocycles. The Morgan fingerprint density at radius 2 is 1.97 bits per heavy atom. The highest BCUT2D eigenvalue weighted by molar-refractivity contribution is 7.09. The Hall–Kier alpha value is -2.18. The molecule has 1 aliphatic carbocycles. The highest BCUT2D eigenvalue weighted by atomic mass is 32.1. The molecule has 1 aliphatic heterocycles. The van der Waals surface area contributed by atoms with Crippen molar-refractivity contribution in [3.63, 3.8) is 0 Å². The van der Waals surface area contributed by atoms with Crippen LogP contribution < -0.4 is 10.6 Å². The van der Waals surface area contributed by atoms with Crippen LogP contribution in [0.2, 0.25) is 0 Å². The van der Waals surface area contributed by atoms with E-state index in [0.717, 1.165) is 25.9 Å². The molecule has 2 N–H and O–H groups in total. The number of nitrogens with one attached hydrogen (secondary N) is 2. The van der Waals surface area contributed by atoms with Crippen LogP contribution in [0.4, 0.5) is 0 Å². The summed E-state index contributed by atoms with van der Waals surface area (Å²) in [5.41, 5.74) is 1.34. The molecular formula is C23H29N3O2S. The summed E-state index contributed by atoms with van der Waals surface area (Å²) in [6.07, 6.45) is 4.81. The molecule has 1 saturated carbocycles. The van der Waals surface area contributed by atoms with Crippen molar-refractivity contribution in [1.82, 2.24) is 15.5 Å². The van der Waals surface area contributed by atoms with E-state index >= 15 is 0 Å². The smallest absolute Gasteiger partial charge is 0.237 e. The molecule has 2 aliphatic rings. The Morgan fingerprint density at radius 1 is 1.17 bits per heavy atom. The molecule has 6 heteroatoms. The predicted molar refractivity (Wildman–Crippen MR) is 116 cm³/mol. The number of carbonyl (C=O) groups is 2. The van der Waals surface area contributed by atoms with E-state index in [0.29, 0.717) is 13.1 Å². The molecule has 5 nitrogen and oxygen atoms in total. The van der Waals surface area contributed by atoms with E-state index in [1.165, 1.54) is 23.3 Å². The van der Waals surface area contributed by atoms with Gasteiger partial charge in [-0.25, -0.2) is 0 Å². The lowest BCUT2D eigenvalue weighted by atomic mass is 9.79. The number of nitrogens with zero attached hydrogens (tertiary/aromatic N) is 1. The van der Waals surface area contributed by atoms with Crippen molar-refractivity contribution in [2.45, 2.75) is 50.1 Å². The number of hydrogen-bond acceptors (Lipinski definition) is 4. The molecule has 154 valence electrons. The van der Waals surface area contributed by atoms with E-state index < -0.39 is 6.04 Å². The number of amides is 2. The predicted octanol–water partition coefficient (Wildman–Crippen LogP) is 3.07. The summed E-state index contributed by atoms with van der Waals surface area (Å²) in [4.78, 5) is 28.7. The summed E-state index contributed by atoms with van der Waals surface area (Å²) in [6, 6.07) is 14.2. The molecule has 1 aromatic carbocycles. The van der Waals surface area contributed by atoms with Crippen LogP contribution in [0.15, 0.2) is 47.8 Å². The van der Waals surface area contributed by atoms with E-state index in [1.807, 2.05) is 17.5 Å². The van der Waals surface area contributed by atoms with Crippen LogP contribution in [0.3, 0.4) is 0 Å². The van der Waals surface area contributed by atoms with Crippen molar-refractivity contribution < 1.29 is 9.59 Å². The van der Waals surface area contributed by atoms with Crippen molar-refractivity contribution in [1.29, 1.82) is 0 Å². The first-order chi connectivity index (χ1) is 14.2. The highest BCUT2D eigenvalue weighted by Crippen LogP contribution is 2.40. The summed E-state index contributed by atoms with van der Waals surface area (Å²) < 4.78 is 0. The molecule has 1 aromatic heterocycles. The molecule has 1 unspecified atom stereocenters. The van der Waals surface area contributed by atoms with E-state index in [9.17, 15) is 9.59 Å². The molecule has 2 aromatic rings. The van der Waals surface area contributed by atoms with E-state index in [1.54, 1.807) is 11.3 Å². The molecule has 29 heavy (non-hydrogen) atoms. The molecule has 2 amide bonds. The van der Waals surface area contributed by atoms with Gasteiger partial charge in [0.25, 0.3) is 0 Å². The zero-order chi connectivity index (χ0) is 20.1. The van der Waals surface area contributed by atoms with Gasteiger partial charge >= 0.3 is 0 Å². The summed E-state index contributed by atoms with van der Waals surface area (Å²) in [6.45, 7) is 2.78. The van der Waals surface area contributed by atoms with Crippen molar-refractivity contribution >= 4 is 23.2 Å². The van der Waals surface area contributed by atoms with Crippen LogP contribution in [0.1, 0.15) is 42.5 Å². The number of carbonyl (C=O) groups excluding carboxylic acids is 2.